The maximum atomic E-state index is 12.0. The standard InChI is InChI=1S/C16H15N3O5/c1-10-3-5-11(6-4-10)15(20)17-18-16(21)12-7-8-14(24-2)13(9-12)19(22)23/h3-9H,1-2H3,(H,17,20)(H,18,21). The number of nitrogens with zero attached hydrogens (tertiary/aromatic N) is 1. The summed E-state index contributed by atoms with van der Waals surface area (Å²) in [5, 5.41) is 11.0. The summed E-state index contributed by atoms with van der Waals surface area (Å²) in [5.74, 6) is -1.13. The number of benzene rings is 2. The van der Waals surface area contributed by atoms with Crippen molar-refractivity contribution in [1.29, 1.82) is 0 Å². The molecule has 24 heavy (non-hydrogen) atoms. The van der Waals surface area contributed by atoms with Gasteiger partial charge in [0.1, 0.15) is 0 Å². The number of ether oxygens (including phenoxy) is 1. The van der Waals surface area contributed by atoms with Gasteiger partial charge in [0, 0.05) is 17.2 Å². The second kappa shape index (κ2) is 7.23. The van der Waals surface area contributed by atoms with Gasteiger partial charge in [-0.2, -0.15) is 0 Å². The molecule has 8 nitrogen and oxygen atoms in total. The number of nitro groups is 1. The van der Waals surface area contributed by atoms with Crippen LogP contribution in [0.4, 0.5) is 5.69 Å². The summed E-state index contributed by atoms with van der Waals surface area (Å²) in [5.41, 5.74) is 5.53. The van der Waals surface area contributed by atoms with Crippen molar-refractivity contribution in [3.05, 3.63) is 69.3 Å². The Balaban J connectivity index is 2.07. The van der Waals surface area contributed by atoms with Gasteiger partial charge in [0.2, 0.25) is 0 Å². The number of hydrogen-bond donors (Lipinski definition) is 2. The quantitative estimate of drug-likeness (QED) is 0.658. The van der Waals surface area contributed by atoms with E-state index < -0.39 is 16.7 Å². The van der Waals surface area contributed by atoms with Crippen LogP contribution in [0.1, 0.15) is 26.3 Å². The third kappa shape index (κ3) is 3.86. The number of rotatable bonds is 4. The molecule has 0 fully saturated rings. The molecule has 0 aliphatic rings. The number of nitro benzene ring substituents is 1. The Morgan fingerprint density at radius 3 is 2.08 bits per heavy atom. The predicted octanol–water partition coefficient (Wildman–Crippen LogP) is 1.99. The summed E-state index contributed by atoms with van der Waals surface area (Å²) in [6.07, 6.45) is 0. The largest absolute Gasteiger partial charge is 0.490 e. The SMILES string of the molecule is COc1ccc(C(=O)NNC(=O)c2ccc(C)cc2)cc1[N+](=O)[O-]. The molecule has 8 heteroatoms. The minimum Gasteiger partial charge on any atom is -0.490 e. The van der Waals surface area contributed by atoms with E-state index in [9.17, 15) is 19.7 Å². The number of hydrogen-bond acceptors (Lipinski definition) is 5. The second-order valence-corrected chi connectivity index (χ2v) is 4.92. The van der Waals surface area contributed by atoms with E-state index in [-0.39, 0.29) is 17.0 Å². The van der Waals surface area contributed by atoms with Crippen molar-refractivity contribution in [3.8, 4) is 5.75 Å². The van der Waals surface area contributed by atoms with Gasteiger partial charge in [0.15, 0.2) is 5.75 Å². The molecule has 2 aromatic rings. The third-order valence-electron chi connectivity index (χ3n) is 3.24. The van der Waals surface area contributed by atoms with Crippen LogP contribution >= 0.6 is 0 Å². The first kappa shape index (κ1) is 16.9. The highest BCUT2D eigenvalue weighted by Crippen LogP contribution is 2.27. The van der Waals surface area contributed by atoms with Crippen LogP contribution in [-0.4, -0.2) is 23.8 Å². The van der Waals surface area contributed by atoms with Crippen molar-refractivity contribution >= 4 is 17.5 Å². The van der Waals surface area contributed by atoms with E-state index in [2.05, 4.69) is 10.9 Å². The Morgan fingerprint density at radius 2 is 1.54 bits per heavy atom. The van der Waals surface area contributed by atoms with Crippen LogP contribution in [0.15, 0.2) is 42.5 Å². The fraction of sp³-hybridized carbons (Fsp3) is 0.125. The average molecular weight is 329 g/mol. The number of amides is 2. The zero-order valence-electron chi connectivity index (χ0n) is 13.0. The fourth-order valence-corrected chi connectivity index (χ4v) is 1.94. The molecule has 0 aliphatic heterocycles. The van der Waals surface area contributed by atoms with Crippen LogP contribution in [0.3, 0.4) is 0 Å². The van der Waals surface area contributed by atoms with E-state index >= 15 is 0 Å². The maximum absolute atomic E-state index is 12.0. The van der Waals surface area contributed by atoms with E-state index in [4.69, 9.17) is 4.74 Å². The zero-order valence-corrected chi connectivity index (χ0v) is 13.0. The summed E-state index contributed by atoms with van der Waals surface area (Å²) in [6.45, 7) is 1.89. The molecule has 2 N–H and O–H groups in total. The number of methoxy groups -OCH3 is 1. The predicted molar refractivity (Wildman–Crippen MR) is 85.8 cm³/mol. The third-order valence-corrected chi connectivity index (χ3v) is 3.24. The molecule has 2 aromatic carbocycles. The number of hydrazine groups is 1. The van der Waals surface area contributed by atoms with E-state index in [0.29, 0.717) is 5.56 Å². The summed E-state index contributed by atoms with van der Waals surface area (Å²) < 4.78 is 4.86. The zero-order chi connectivity index (χ0) is 17.7. The van der Waals surface area contributed by atoms with Crippen LogP contribution in [0, 0.1) is 17.0 Å². The van der Waals surface area contributed by atoms with E-state index in [1.54, 1.807) is 24.3 Å². The van der Waals surface area contributed by atoms with Crippen LogP contribution < -0.4 is 15.6 Å². The molecule has 0 aliphatic carbocycles. The molecule has 2 rings (SSSR count). The lowest BCUT2D eigenvalue weighted by Crippen LogP contribution is -2.41. The number of aryl methyl sites for hydroxylation is 1. The summed E-state index contributed by atoms with van der Waals surface area (Å²) in [4.78, 5) is 34.2. The molecule has 0 saturated carbocycles. The molecule has 124 valence electrons. The molecule has 0 spiro atoms. The summed E-state index contributed by atoms with van der Waals surface area (Å²) >= 11 is 0. The smallest absolute Gasteiger partial charge is 0.311 e. The Bertz CT molecular complexity index is 787. The molecular weight excluding hydrogens is 314 g/mol. The molecule has 0 unspecified atom stereocenters. The van der Waals surface area contributed by atoms with Gasteiger partial charge >= 0.3 is 5.69 Å². The van der Waals surface area contributed by atoms with Crippen LogP contribution in [0.2, 0.25) is 0 Å². The van der Waals surface area contributed by atoms with Gasteiger partial charge in [-0.15, -0.1) is 0 Å². The van der Waals surface area contributed by atoms with Crippen molar-refractivity contribution in [2.45, 2.75) is 6.92 Å². The Hall–Kier alpha value is -3.42. The maximum Gasteiger partial charge on any atom is 0.311 e. The van der Waals surface area contributed by atoms with Gasteiger partial charge in [-0.1, -0.05) is 17.7 Å². The minimum absolute atomic E-state index is 0.0201. The van der Waals surface area contributed by atoms with Crippen molar-refractivity contribution in [2.75, 3.05) is 7.11 Å². The van der Waals surface area contributed by atoms with Crippen LogP contribution in [0.25, 0.3) is 0 Å². The first-order valence-electron chi connectivity index (χ1n) is 6.92. The molecule has 0 radical (unpaired) electrons. The number of carbonyl (C=O) groups is 2. The minimum atomic E-state index is -0.679. The van der Waals surface area contributed by atoms with Crippen LogP contribution in [-0.2, 0) is 0 Å². The first-order chi connectivity index (χ1) is 11.4. The lowest BCUT2D eigenvalue weighted by atomic mass is 10.1. The molecule has 0 atom stereocenters. The fourth-order valence-electron chi connectivity index (χ4n) is 1.94. The molecule has 0 aromatic heterocycles. The monoisotopic (exact) mass is 329 g/mol. The Kier molecular flexibility index (Phi) is 5.10. The molecular formula is C16H15N3O5. The number of carbonyl (C=O) groups excluding carboxylic acids is 2. The van der Waals surface area contributed by atoms with Crippen molar-refractivity contribution in [2.24, 2.45) is 0 Å². The molecule has 0 heterocycles. The van der Waals surface area contributed by atoms with Gasteiger partial charge in [0.25, 0.3) is 11.8 Å². The molecule has 0 saturated heterocycles. The Morgan fingerprint density at radius 1 is 1.00 bits per heavy atom. The van der Waals surface area contributed by atoms with Crippen molar-refractivity contribution in [1.82, 2.24) is 10.9 Å². The Labute approximate surface area is 137 Å². The molecule has 2 amide bonds. The van der Waals surface area contributed by atoms with Gasteiger partial charge in [-0.05, 0) is 31.2 Å². The highest BCUT2D eigenvalue weighted by Gasteiger charge is 2.18. The van der Waals surface area contributed by atoms with Crippen LogP contribution in [0.5, 0.6) is 5.75 Å². The second-order valence-electron chi connectivity index (χ2n) is 4.92. The lowest BCUT2D eigenvalue weighted by molar-refractivity contribution is -0.385. The lowest BCUT2D eigenvalue weighted by Gasteiger charge is -2.08. The van der Waals surface area contributed by atoms with Gasteiger partial charge in [0.05, 0.1) is 12.0 Å². The van der Waals surface area contributed by atoms with Gasteiger partial charge < -0.3 is 4.74 Å². The van der Waals surface area contributed by atoms with Gasteiger partial charge in [-0.25, -0.2) is 0 Å². The van der Waals surface area contributed by atoms with Gasteiger partial charge in [-0.3, -0.25) is 30.6 Å². The van der Waals surface area contributed by atoms with E-state index in [0.717, 1.165) is 11.6 Å². The van der Waals surface area contributed by atoms with E-state index in [1.807, 2.05) is 6.92 Å². The topological polar surface area (TPSA) is 111 Å². The first-order valence-corrected chi connectivity index (χ1v) is 6.92. The van der Waals surface area contributed by atoms with E-state index in [1.165, 1.54) is 19.2 Å². The normalized spacial score (nSPS) is 9.92. The highest BCUT2D eigenvalue weighted by molar-refractivity contribution is 5.99. The summed E-state index contributed by atoms with van der Waals surface area (Å²) in [7, 11) is 1.30. The number of nitrogens with one attached hydrogen (secondary N) is 2. The summed E-state index contributed by atoms with van der Waals surface area (Å²) in [6, 6.07) is 10.5. The van der Waals surface area contributed by atoms with Crippen molar-refractivity contribution in [3.63, 3.8) is 0 Å². The molecule has 0 bridgehead atoms. The van der Waals surface area contributed by atoms with Crippen molar-refractivity contribution < 1.29 is 19.2 Å². The average Bonchev–Trinajstić information content (AvgIpc) is 2.59. The highest BCUT2D eigenvalue weighted by atomic mass is 16.6.